The van der Waals surface area contributed by atoms with Gasteiger partial charge in [-0.3, -0.25) is 9.69 Å². The first-order valence-corrected chi connectivity index (χ1v) is 6.75. The van der Waals surface area contributed by atoms with Crippen LogP contribution >= 0.6 is 0 Å². The van der Waals surface area contributed by atoms with E-state index in [1.54, 1.807) is 6.20 Å². The molecule has 0 spiro atoms. The zero-order valence-corrected chi connectivity index (χ0v) is 11.3. The summed E-state index contributed by atoms with van der Waals surface area (Å²) in [6.45, 7) is 6.62. The van der Waals surface area contributed by atoms with Crippen LogP contribution in [0.5, 0.6) is 0 Å². The fraction of sp³-hybridized carbons (Fsp3) is 0.400. The van der Waals surface area contributed by atoms with Gasteiger partial charge in [-0.1, -0.05) is 0 Å². The molecule has 2 N–H and O–H groups in total. The topological polar surface area (TPSA) is 48.1 Å². The molecule has 19 heavy (non-hydrogen) atoms. The van der Waals surface area contributed by atoms with Crippen LogP contribution < -0.4 is 10.9 Å². The number of hydrogen-bond acceptors (Lipinski definition) is 3. The van der Waals surface area contributed by atoms with Crippen LogP contribution in [-0.2, 0) is 0 Å². The van der Waals surface area contributed by atoms with Gasteiger partial charge in [0.25, 0.3) is 5.56 Å². The minimum Gasteiger partial charge on any atom is -0.380 e. The van der Waals surface area contributed by atoms with Gasteiger partial charge in [0.2, 0.25) is 0 Å². The number of likely N-dealkylation sites (tertiary alicyclic amines) is 1. The predicted octanol–water partition coefficient (Wildman–Crippen LogP) is 2.03. The Morgan fingerprint density at radius 2 is 2.11 bits per heavy atom. The van der Waals surface area contributed by atoms with E-state index in [1.165, 1.54) is 0 Å². The Hall–Kier alpha value is -1.81. The number of aromatic amines is 1. The van der Waals surface area contributed by atoms with Crippen molar-refractivity contribution in [2.24, 2.45) is 0 Å². The molecule has 2 heterocycles. The first-order valence-electron chi connectivity index (χ1n) is 6.75. The number of anilines is 1. The number of fused-ring (bicyclic) bond motifs is 1. The van der Waals surface area contributed by atoms with Crippen LogP contribution in [0, 0.1) is 0 Å². The molecule has 4 heteroatoms. The molecule has 0 saturated carbocycles. The molecule has 1 fully saturated rings. The Kier molecular flexibility index (Phi) is 3.03. The molecule has 100 valence electrons. The third kappa shape index (κ3) is 2.36. The van der Waals surface area contributed by atoms with Gasteiger partial charge in [0.1, 0.15) is 0 Å². The van der Waals surface area contributed by atoms with Gasteiger partial charge in [-0.25, -0.2) is 0 Å². The summed E-state index contributed by atoms with van der Waals surface area (Å²) in [5.41, 5.74) is 1.06. The molecule has 3 rings (SSSR count). The molecule has 0 unspecified atom stereocenters. The maximum absolute atomic E-state index is 11.6. The second-order valence-corrected chi connectivity index (χ2v) is 5.50. The molecule has 1 aromatic heterocycles. The molecule has 1 saturated heterocycles. The van der Waals surface area contributed by atoms with Gasteiger partial charge in [-0.2, -0.15) is 0 Å². The van der Waals surface area contributed by atoms with Crippen molar-refractivity contribution in [3.8, 4) is 0 Å². The molecule has 0 bridgehead atoms. The van der Waals surface area contributed by atoms with E-state index >= 15 is 0 Å². The lowest BCUT2D eigenvalue weighted by Gasteiger charge is -2.42. The van der Waals surface area contributed by atoms with E-state index in [0.717, 1.165) is 29.5 Å². The van der Waals surface area contributed by atoms with Gasteiger partial charge >= 0.3 is 0 Å². The van der Waals surface area contributed by atoms with Crippen LogP contribution in [-0.4, -0.2) is 35.1 Å². The number of rotatable bonds is 3. The maximum atomic E-state index is 11.6. The van der Waals surface area contributed by atoms with Crippen LogP contribution in [0.4, 0.5) is 5.69 Å². The fourth-order valence-corrected chi connectivity index (χ4v) is 2.54. The van der Waals surface area contributed by atoms with E-state index in [9.17, 15) is 4.79 Å². The van der Waals surface area contributed by atoms with Gasteiger partial charge in [-0.15, -0.1) is 0 Å². The Morgan fingerprint density at radius 1 is 1.32 bits per heavy atom. The van der Waals surface area contributed by atoms with Gasteiger partial charge in [-0.05, 0) is 43.5 Å². The molecular weight excluding hydrogens is 238 g/mol. The van der Waals surface area contributed by atoms with E-state index in [-0.39, 0.29) is 5.56 Å². The number of pyridine rings is 1. The van der Waals surface area contributed by atoms with Crippen LogP contribution in [0.3, 0.4) is 0 Å². The largest absolute Gasteiger partial charge is 0.380 e. The van der Waals surface area contributed by atoms with Crippen LogP contribution in [0.1, 0.15) is 13.8 Å². The third-order valence-corrected chi connectivity index (χ3v) is 3.78. The quantitative estimate of drug-likeness (QED) is 0.884. The van der Waals surface area contributed by atoms with Gasteiger partial charge < -0.3 is 10.3 Å². The van der Waals surface area contributed by atoms with Crippen molar-refractivity contribution >= 4 is 16.5 Å². The summed E-state index contributed by atoms with van der Waals surface area (Å²) in [5, 5.41) is 5.24. The molecule has 4 nitrogen and oxygen atoms in total. The van der Waals surface area contributed by atoms with Gasteiger partial charge in [0.05, 0.1) is 6.04 Å². The van der Waals surface area contributed by atoms with Crippen molar-refractivity contribution in [3.63, 3.8) is 0 Å². The number of benzene rings is 1. The number of H-pyrrole nitrogens is 1. The molecule has 0 aliphatic carbocycles. The van der Waals surface area contributed by atoms with Gasteiger partial charge in [0, 0.05) is 36.4 Å². The standard InChI is InChI=1S/C15H19N3O/c1-10(2)18-8-13(9-18)17-12-3-4-14-11(7-12)5-6-16-15(14)19/h3-7,10,13,17H,8-9H2,1-2H3,(H,16,19). The van der Waals surface area contributed by atoms with Crippen molar-refractivity contribution in [1.29, 1.82) is 0 Å². The molecular formula is C15H19N3O. The summed E-state index contributed by atoms with van der Waals surface area (Å²) < 4.78 is 0. The molecule has 2 aromatic rings. The first kappa shape index (κ1) is 12.2. The molecule has 1 aromatic carbocycles. The number of hydrogen-bond donors (Lipinski definition) is 2. The smallest absolute Gasteiger partial charge is 0.255 e. The van der Waals surface area contributed by atoms with Crippen LogP contribution in [0.15, 0.2) is 35.3 Å². The minimum absolute atomic E-state index is 0.0290. The summed E-state index contributed by atoms with van der Waals surface area (Å²) >= 11 is 0. The Balaban J connectivity index is 1.75. The van der Waals surface area contributed by atoms with Crippen molar-refractivity contribution < 1.29 is 0 Å². The number of nitrogens with one attached hydrogen (secondary N) is 2. The minimum atomic E-state index is -0.0290. The number of nitrogens with zero attached hydrogens (tertiary/aromatic N) is 1. The molecule has 1 aliphatic heterocycles. The highest BCUT2D eigenvalue weighted by molar-refractivity contribution is 5.84. The molecule has 0 atom stereocenters. The lowest BCUT2D eigenvalue weighted by atomic mass is 10.1. The van der Waals surface area contributed by atoms with Crippen molar-refractivity contribution in [3.05, 3.63) is 40.8 Å². The lowest BCUT2D eigenvalue weighted by molar-refractivity contribution is 0.122. The summed E-state index contributed by atoms with van der Waals surface area (Å²) in [5.74, 6) is 0. The van der Waals surface area contributed by atoms with Crippen molar-refractivity contribution in [1.82, 2.24) is 9.88 Å². The van der Waals surface area contributed by atoms with Crippen molar-refractivity contribution in [2.45, 2.75) is 25.9 Å². The zero-order chi connectivity index (χ0) is 13.4. The van der Waals surface area contributed by atoms with Crippen LogP contribution in [0.25, 0.3) is 10.8 Å². The average molecular weight is 257 g/mol. The van der Waals surface area contributed by atoms with E-state index in [2.05, 4.69) is 29.0 Å². The second kappa shape index (κ2) is 4.70. The Bertz CT molecular complexity index is 641. The summed E-state index contributed by atoms with van der Waals surface area (Å²) in [6.07, 6.45) is 1.69. The molecule has 1 aliphatic rings. The lowest BCUT2D eigenvalue weighted by Crippen LogP contribution is -2.57. The second-order valence-electron chi connectivity index (χ2n) is 5.50. The SMILES string of the molecule is CC(C)N1CC(Nc2ccc3c(=O)[nH]ccc3c2)C1. The molecule has 0 amide bonds. The Labute approximate surface area is 112 Å². The summed E-state index contributed by atoms with van der Waals surface area (Å²) in [4.78, 5) is 16.7. The first-order chi connectivity index (χ1) is 9.13. The maximum Gasteiger partial charge on any atom is 0.255 e. The number of aromatic nitrogens is 1. The highest BCUT2D eigenvalue weighted by Gasteiger charge is 2.27. The third-order valence-electron chi connectivity index (χ3n) is 3.78. The van der Waals surface area contributed by atoms with Crippen LogP contribution in [0.2, 0.25) is 0 Å². The van der Waals surface area contributed by atoms with E-state index in [0.29, 0.717) is 12.1 Å². The highest BCUT2D eigenvalue weighted by atomic mass is 16.1. The van der Waals surface area contributed by atoms with Gasteiger partial charge in [0.15, 0.2) is 0 Å². The van der Waals surface area contributed by atoms with Crippen molar-refractivity contribution in [2.75, 3.05) is 18.4 Å². The predicted molar refractivity (Wildman–Crippen MR) is 78.7 cm³/mol. The monoisotopic (exact) mass is 257 g/mol. The Morgan fingerprint density at radius 3 is 2.84 bits per heavy atom. The van der Waals surface area contributed by atoms with E-state index in [1.807, 2.05) is 24.3 Å². The fourth-order valence-electron chi connectivity index (χ4n) is 2.54. The highest BCUT2D eigenvalue weighted by Crippen LogP contribution is 2.20. The summed E-state index contributed by atoms with van der Waals surface area (Å²) in [6, 6.07) is 8.98. The molecule has 0 radical (unpaired) electrons. The summed E-state index contributed by atoms with van der Waals surface area (Å²) in [7, 11) is 0. The average Bonchev–Trinajstić information content (AvgIpc) is 2.33. The zero-order valence-electron chi connectivity index (χ0n) is 11.3. The van der Waals surface area contributed by atoms with E-state index in [4.69, 9.17) is 0 Å². The normalized spacial score (nSPS) is 16.8. The van der Waals surface area contributed by atoms with E-state index < -0.39 is 0 Å².